The summed E-state index contributed by atoms with van der Waals surface area (Å²) in [5.74, 6) is 3.38. The Hall–Kier alpha value is -0.840. The van der Waals surface area contributed by atoms with E-state index in [9.17, 15) is 0 Å². The molecule has 0 saturated carbocycles. The van der Waals surface area contributed by atoms with E-state index in [0.717, 1.165) is 17.2 Å². The molecule has 5 heteroatoms. The average molecular weight is 212 g/mol. The zero-order valence-electron chi connectivity index (χ0n) is 8.58. The molecule has 1 aliphatic heterocycles. The van der Waals surface area contributed by atoms with Gasteiger partial charge in [0, 0.05) is 18.8 Å². The molecule has 4 nitrogen and oxygen atoms in total. The number of hydrogen-bond donors (Lipinski definition) is 2. The number of hydrogen-bond acceptors (Lipinski definition) is 4. The zero-order chi connectivity index (χ0) is 10.1. The number of nitrogens with one attached hydrogen (secondary N) is 1. The second kappa shape index (κ2) is 3.73. The molecule has 78 valence electrons. The van der Waals surface area contributed by atoms with Gasteiger partial charge in [0.25, 0.3) is 0 Å². The summed E-state index contributed by atoms with van der Waals surface area (Å²) in [6.45, 7) is 1.93. The third-order valence-electron chi connectivity index (χ3n) is 2.54. The van der Waals surface area contributed by atoms with Crippen LogP contribution in [0.2, 0.25) is 0 Å². The van der Waals surface area contributed by atoms with Crippen molar-refractivity contribution in [3.63, 3.8) is 0 Å². The molecule has 1 unspecified atom stereocenters. The Morgan fingerprint density at radius 2 is 2.43 bits per heavy atom. The largest absolute Gasteiger partial charge is 0.394 e. The lowest BCUT2D eigenvalue weighted by molar-refractivity contribution is 0.732. The van der Waals surface area contributed by atoms with Crippen LogP contribution >= 0.6 is 11.8 Å². The van der Waals surface area contributed by atoms with Gasteiger partial charge < -0.3 is 11.1 Å². The van der Waals surface area contributed by atoms with E-state index in [-0.39, 0.29) is 0 Å². The first-order chi connectivity index (χ1) is 6.68. The van der Waals surface area contributed by atoms with Gasteiger partial charge in [-0.1, -0.05) is 0 Å². The molecule has 14 heavy (non-hydrogen) atoms. The number of nitrogens with zero attached hydrogens (tertiary/aromatic N) is 2. The van der Waals surface area contributed by atoms with Gasteiger partial charge in [-0.3, -0.25) is 4.68 Å². The molecule has 0 aliphatic carbocycles. The summed E-state index contributed by atoms with van der Waals surface area (Å²) in [7, 11) is 1.92. The van der Waals surface area contributed by atoms with E-state index in [1.807, 2.05) is 30.4 Å². The van der Waals surface area contributed by atoms with Crippen molar-refractivity contribution < 1.29 is 0 Å². The molecule has 0 aromatic carbocycles. The quantitative estimate of drug-likeness (QED) is 0.774. The van der Waals surface area contributed by atoms with Crippen LogP contribution in [0.25, 0.3) is 0 Å². The number of aromatic nitrogens is 2. The van der Waals surface area contributed by atoms with Crippen LogP contribution in [0, 0.1) is 6.92 Å². The molecule has 2 rings (SSSR count). The van der Waals surface area contributed by atoms with E-state index >= 15 is 0 Å². The molecule has 0 bridgehead atoms. The fourth-order valence-electron chi connectivity index (χ4n) is 1.69. The van der Waals surface area contributed by atoms with Gasteiger partial charge in [-0.05, 0) is 19.1 Å². The van der Waals surface area contributed by atoms with Crippen LogP contribution in [-0.2, 0) is 7.05 Å². The van der Waals surface area contributed by atoms with Crippen LogP contribution in [0.3, 0.4) is 0 Å². The van der Waals surface area contributed by atoms with E-state index in [4.69, 9.17) is 5.73 Å². The van der Waals surface area contributed by atoms with Gasteiger partial charge >= 0.3 is 0 Å². The highest BCUT2D eigenvalue weighted by molar-refractivity contribution is 7.99. The highest BCUT2D eigenvalue weighted by atomic mass is 32.2. The normalized spacial score (nSPS) is 21.4. The molecular formula is C9H16N4S. The van der Waals surface area contributed by atoms with Gasteiger partial charge in [-0.2, -0.15) is 16.9 Å². The minimum Gasteiger partial charge on any atom is -0.394 e. The zero-order valence-corrected chi connectivity index (χ0v) is 9.40. The maximum absolute atomic E-state index is 5.93. The van der Waals surface area contributed by atoms with Gasteiger partial charge in [0.2, 0.25) is 0 Å². The Labute approximate surface area is 88.2 Å². The summed E-state index contributed by atoms with van der Waals surface area (Å²) in [4.78, 5) is 0. The van der Waals surface area contributed by atoms with Crippen molar-refractivity contribution in [2.45, 2.75) is 19.4 Å². The van der Waals surface area contributed by atoms with Crippen LogP contribution in [-0.4, -0.2) is 27.3 Å². The molecule has 3 N–H and O–H groups in total. The van der Waals surface area contributed by atoms with E-state index in [1.165, 1.54) is 17.9 Å². The average Bonchev–Trinajstić information content (AvgIpc) is 2.71. The standard InChI is InChI=1S/C9H16N4S/c1-6-8(10)9(13(2)12-6)11-7-3-4-14-5-7/h7,11H,3-5,10H2,1-2H3. The molecule has 1 atom stereocenters. The van der Waals surface area contributed by atoms with Crippen molar-refractivity contribution in [2.75, 3.05) is 22.6 Å². The molecule has 1 fully saturated rings. The molecular weight excluding hydrogens is 196 g/mol. The fourth-order valence-corrected chi connectivity index (χ4v) is 2.84. The highest BCUT2D eigenvalue weighted by Gasteiger charge is 2.18. The first-order valence-corrected chi connectivity index (χ1v) is 5.97. The van der Waals surface area contributed by atoms with Crippen molar-refractivity contribution in [1.82, 2.24) is 9.78 Å². The van der Waals surface area contributed by atoms with Crippen LogP contribution in [0.1, 0.15) is 12.1 Å². The summed E-state index contributed by atoms with van der Waals surface area (Å²) in [5.41, 5.74) is 7.61. The Bertz CT molecular complexity index is 328. The van der Waals surface area contributed by atoms with Crippen LogP contribution in [0.5, 0.6) is 0 Å². The minimum absolute atomic E-state index is 0.553. The lowest BCUT2D eigenvalue weighted by Gasteiger charge is -2.13. The smallest absolute Gasteiger partial charge is 0.148 e. The Morgan fingerprint density at radius 1 is 1.64 bits per heavy atom. The third-order valence-corrected chi connectivity index (χ3v) is 3.70. The first kappa shape index (κ1) is 9.71. The maximum atomic E-state index is 5.93. The molecule has 1 aromatic heterocycles. The van der Waals surface area contributed by atoms with Crippen LogP contribution in [0.4, 0.5) is 11.5 Å². The molecule has 1 aliphatic rings. The van der Waals surface area contributed by atoms with Crippen LogP contribution in [0.15, 0.2) is 0 Å². The summed E-state index contributed by atoms with van der Waals surface area (Å²) in [5, 5.41) is 7.73. The van der Waals surface area contributed by atoms with E-state index in [1.54, 1.807) is 0 Å². The topological polar surface area (TPSA) is 55.9 Å². The molecule has 0 amide bonds. The second-order valence-corrected chi connectivity index (χ2v) is 4.83. The molecule has 1 saturated heterocycles. The minimum atomic E-state index is 0.553. The molecule has 2 heterocycles. The Morgan fingerprint density at radius 3 is 2.93 bits per heavy atom. The maximum Gasteiger partial charge on any atom is 0.148 e. The summed E-state index contributed by atoms with van der Waals surface area (Å²) in [6.07, 6.45) is 1.22. The van der Waals surface area contributed by atoms with Crippen molar-refractivity contribution >= 4 is 23.3 Å². The first-order valence-electron chi connectivity index (χ1n) is 4.82. The van der Waals surface area contributed by atoms with Gasteiger partial charge in [-0.25, -0.2) is 0 Å². The SMILES string of the molecule is Cc1nn(C)c(NC2CCSC2)c1N. The summed E-state index contributed by atoms with van der Waals surface area (Å²) < 4.78 is 1.83. The summed E-state index contributed by atoms with van der Waals surface area (Å²) >= 11 is 1.99. The number of anilines is 2. The van der Waals surface area contributed by atoms with Crippen molar-refractivity contribution in [3.05, 3.63) is 5.69 Å². The lowest BCUT2D eigenvalue weighted by Crippen LogP contribution is -2.20. The lowest BCUT2D eigenvalue weighted by atomic mass is 10.2. The summed E-state index contributed by atoms with van der Waals surface area (Å²) in [6, 6.07) is 0.553. The van der Waals surface area contributed by atoms with Gasteiger partial charge in [-0.15, -0.1) is 0 Å². The van der Waals surface area contributed by atoms with E-state index in [2.05, 4.69) is 10.4 Å². The van der Waals surface area contributed by atoms with Crippen LogP contribution < -0.4 is 11.1 Å². The molecule has 1 aromatic rings. The Balaban J connectivity index is 2.14. The van der Waals surface area contributed by atoms with E-state index < -0.39 is 0 Å². The predicted molar refractivity (Wildman–Crippen MR) is 61.7 cm³/mol. The predicted octanol–water partition coefficient (Wildman–Crippen LogP) is 1.23. The number of aryl methyl sites for hydroxylation is 2. The van der Waals surface area contributed by atoms with E-state index in [0.29, 0.717) is 6.04 Å². The number of rotatable bonds is 2. The van der Waals surface area contributed by atoms with Crippen molar-refractivity contribution in [3.8, 4) is 0 Å². The fraction of sp³-hybridized carbons (Fsp3) is 0.667. The molecule has 0 radical (unpaired) electrons. The second-order valence-electron chi connectivity index (χ2n) is 3.68. The number of nitrogens with two attached hydrogens (primary N) is 1. The van der Waals surface area contributed by atoms with Crippen molar-refractivity contribution in [1.29, 1.82) is 0 Å². The van der Waals surface area contributed by atoms with Gasteiger partial charge in [0.05, 0.1) is 11.4 Å². The third kappa shape index (κ3) is 1.68. The monoisotopic (exact) mass is 212 g/mol. The van der Waals surface area contributed by atoms with Gasteiger partial charge in [0.15, 0.2) is 0 Å². The molecule has 0 spiro atoms. The van der Waals surface area contributed by atoms with Gasteiger partial charge in [0.1, 0.15) is 5.82 Å². The van der Waals surface area contributed by atoms with Crippen molar-refractivity contribution in [2.24, 2.45) is 7.05 Å². The number of thioether (sulfide) groups is 1. The highest BCUT2D eigenvalue weighted by Crippen LogP contribution is 2.26. The Kier molecular flexibility index (Phi) is 2.58. The number of nitrogen functional groups attached to an aromatic ring is 1.